The minimum Gasteiger partial charge on any atom is -0.356 e. The Morgan fingerprint density at radius 1 is 1.12 bits per heavy atom. The van der Waals surface area contributed by atoms with Gasteiger partial charge in [-0.05, 0) is 95.3 Å². The van der Waals surface area contributed by atoms with Crippen LogP contribution in [0.3, 0.4) is 0 Å². The molecule has 0 aliphatic heterocycles. The van der Waals surface area contributed by atoms with Crippen LogP contribution in [-0.2, 0) is 10.2 Å². The minimum absolute atomic E-state index is 0.104. The molecule has 0 heterocycles. The molecular formula is C23H34N2O. The van der Waals surface area contributed by atoms with Crippen molar-refractivity contribution in [3.63, 3.8) is 0 Å². The van der Waals surface area contributed by atoms with Crippen LogP contribution in [0, 0.1) is 24.2 Å². The summed E-state index contributed by atoms with van der Waals surface area (Å²) in [6, 6.07) is 9.18. The van der Waals surface area contributed by atoms with Crippen LogP contribution in [0.2, 0.25) is 0 Å². The van der Waals surface area contributed by atoms with Crippen molar-refractivity contribution < 1.29 is 4.79 Å². The smallest absolute Gasteiger partial charge is 0.226 e. The molecule has 0 spiro atoms. The zero-order valence-electron chi connectivity index (χ0n) is 16.7. The van der Waals surface area contributed by atoms with E-state index < -0.39 is 0 Å². The van der Waals surface area contributed by atoms with Crippen molar-refractivity contribution in [2.24, 2.45) is 17.3 Å². The molecule has 1 aromatic carbocycles. The maximum Gasteiger partial charge on any atom is 0.226 e. The van der Waals surface area contributed by atoms with Crippen molar-refractivity contribution in [3.8, 4) is 0 Å². The summed E-state index contributed by atoms with van der Waals surface area (Å²) >= 11 is 0. The quantitative estimate of drug-likeness (QED) is 0.786. The van der Waals surface area contributed by atoms with Gasteiger partial charge in [-0.2, -0.15) is 0 Å². The summed E-state index contributed by atoms with van der Waals surface area (Å²) in [6.45, 7) is 4.00. The Morgan fingerprint density at radius 2 is 1.77 bits per heavy atom. The second kappa shape index (κ2) is 6.67. The van der Waals surface area contributed by atoms with Crippen LogP contribution in [0.4, 0.5) is 0 Å². The first-order chi connectivity index (χ1) is 12.4. The van der Waals surface area contributed by atoms with Crippen molar-refractivity contribution in [2.75, 3.05) is 27.2 Å². The number of carbonyl (C=O) groups excluding carboxylic acids is 1. The van der Waals surface area contributed by atoms with E-state index in [9.17, 15) is 4.79 Å². The fourth-order valence-corrected chi connectivity index (χ4v) is 6.56. The van der Waals surface area contributed by atoms with Gasteiger partial charge >= 0.3 is 0 Å². The normalized spacial score (nSPS) is 35.1. The van der Waals surface area contributed by atoms with E-state index in [2.05, 4.69) is 55.5 Å². The predicted molar refractivity (Wildman–Crippen MR) is 106 cm³/mol. The monoisotopic (exact) mass is 354 g/mol. The number of carbonyl (C=O) groups is 1. The number of aryl methyl sites for hydroxylation is 1. The molecule has 4 fully saturated rings. The van der Waals surface area contributed by atoms with Gasteiger partial charge in [-0.25, -0.2) is 0 Å². The molecule has 0 aromatic heterocycles. The summed E-state index contributed by atoms with van der Waals surface area (Å²) in [4.78, 5) is 15.4. The second-order valence-electron chi connectivity index (χ2n) is 9.80. The van der Waals surface area contributed by atoms with Gasteiger partial charge in [0.15, 0.2) is 0 Å². The van der Waals surface area contributed by atoms with E-state index in [1.807, 2.05) is 0 Å². The molecule has 0 saturated heterocycles. The third-order valence-electron chi connectivity index (χ3n) is 7.27. The number of benzene rings is 1. The third kappa shape index (κ3) is 3.19. The van der Waals surface area contributed by atoms with E-state index in [1.165, 1.54) is 30.4 Å². The molecule has 142 valence electrons. The number of nitrogens with one attached hydrogen (secondary N) is 1. The topological polar surface area (TPSA) is 32.3 Å². The Morgan fingerprint density at radius 3 is 2.38 bits per heavy atom. The van der Waals surface area contributed by atoms with Crippen molar-refractivity contribution in [3.05, 3.63) is 35.4 Å². The molecule has 4 aliphatic rings. The van der Waals surface area contributed by atoms with Gasteiger partial charge in [0.1, 0.15) is 0 Å². The van der Waals surface area contributed by atoms with E-state index in [1.54, 1.807) is 0 Å². The Balaban J connectivity index is 1.52. The maximum absolute atomic E-state index is 13.2. The van der Waals surface area contributed by atoms with Crippen molar-refractivity contribution in [1.82, 2.24) is 10.2 Å². The van der Waals surface area contributed by atoms with Gasteiger partial charge in [0.2, 0.25) is 5.91 Å². The summed E-state index contributed by atoms with van der Waals surface area (Å²) in [5.41, 5.74) is 2.96. The first-order valence-corrected chi connectivity index (χ1v) is 10.4. The standard InChI is InChI=1S/C23H34N2O/c1-17-5-7-20(8-6-17)22-12-18-11-19(13-22)15-23(14-18,16-22)21(26)24-9-4-10-25(2)3/h5-8,18-19H,4,9-16H2,1-3H3,(H,24,26). The Bertz CT molecular complexity index is 649. The number of nitrogens with zero attached hydrogens (tertiary/aromatic N) is 1. The van der Waals surface area contributed by atoms with E-state index in [4.69, 9.17) is 0 Å². The Labute approximate surface area is 158 Å². The summed E-state index contributed by atoms with van der Waals surface area (Å²) in [5.74, 6) is 1.83. The van der Waals surface area contributed by atoms with Crippen molar-refractivity contribution >= 4 is 5.91 Å². The lowest BCUT2D eigenvalue weighted by Gasteiger charge is -2.61. The average Bonchev–Trinajstić information content (AvgIpc) is 2.57. The molecule has 0 radical (unpaired) electrons. The van der Waals surface area contributed by atoms with E-state index in [0.717, 1.165) is 50.6 Å². The van der Waals surface area contributed by atoms with Crippen molar-refractivity contribution in [2.45, 2.75) is 57.3 Å². The highest BCUT2D eigenvalue weighted by molar-refractivity contribution is 5.83. The molecule has 1 N–H and O–H groups in total. The Hall–Kier alpha value is -1.35. The molecule has 4 aliphatic carbocycles. The second-order valence-corrected chi connectivity index (χ2v) is 9.80. The van der Waals surface area contributed by atoms with Crippen LogP contribution in [0.5, 0.6) is 0 Å². The van der Waals surface area contributed by atoms with Gasteiger partial charge < -0.3 is 10.2 Å². The fourth-order valence-electron chi connectivity index (χ4n) is 6.56. The van der Waals surface area contributed by atoms with Crippen LogP contribution < -0.4 is 5.32 Å². The number of rotatable bonds is 6. The SMILES string of the molecule is Cc1ccc(C23CC4CC(CC(C(=O)NCCCN(C)C)(C4)C2)C3)cc1. The molecule has 2 unspecified atom stereocenters. The van der Waals surface area contributed by atoms with E-state index >= 15 is 0 Å². The number of hydrogen-bond acceptors (Lipinski definition) is 2. The van der Waals surface area contributed by atoms with Crippen LogP contribution in [0.15, 0.2) is 24.3 Å². The molecule has 4 saturated carbocycles. The summed E-state index contributed by atoms with van der Waals surface area (Å²) in [7, 11) is 4.18. The van der Waals surface area contributed by atoms with Crippen LogP contribution in [0.25, 0.3) is 0 Å². The molecule has 26 heavy (non-hydrogen) atoms. The van der Waals surface area contributed by atoms with Crippen molar-refractivity contribution in [1.29, 1.82) is 0 Å². The fraction of sp³-hybridized carbons (Fsp3) is 0.696. The van der Waals surface area contributed by atoms with Gasteiger partial charge in [0.05, 0.1) is 5.41 Å². The molecule has 2 atom stereocenters. The summed E-state index contributed by atoms with van der Waals surface area (Å²) < 4.78 is 0. The zero-order chi connectivity index (χ0) is 18.4. The first-order valence-electron chi connectivity index (χ1n) is 10.4. The lowest BCUT2D eigenvalue weighted by molar-refractivity contribution is -0.149. The molecule has 3 heteroatoms. The average molecular weight is 355 g/mol. The molecule has 5 rings (SSSR count). The lowest BCUT2D eigenvalue weighted by Crippen LogP contribution is -2.59. The molecular weight excluding hydrogens is 320 g/mol. The first kappa shape index (κ1) is 18.0. The van der Waals surface area contributed by atoms with Crippen LogP contribution in [0.1, 0.15) is 56.1 Å². The highest BCUT2D eigenvalue weighted by Crippen LogP contribution is 2.65. The van der Waals surface area contributed by atoms with Gasteiger partial charge in [-0.15, -0.1) is 0 Å². The highest BCUT2D eigenvalue weighted by Gasteiger charge is 2.60. The third-order valence-corrected chi connectivity index (χ3v) is 7.27. The lowest BCUT2D eigenvalue weighted by atomic mass is 9.42. The highest BCUT2D eigenvalue weighted by atomic mass is 16.2. The Kier molecular flexibility index (Phi) is 4.63. The number of hydrogen-bond donors (Lipinski definition) is 1. The van der Waals surface area contributed by atoms with Gasteiger partial charge in [0, 0.05) is 6.54 Å². The molecule has 3 nitrogen and oxygen atoms in total. The largest absolute Gasteiger partial charge is 0.356 e. The van der Waals surface area contributed by atoms with Crippen LogP contribution >= 0.6 is 0 Å². The van der Waals surface area contributed by atoms with E-state index in [-0.39, 0.29) is 10.8 Å². The molecule has 4 bridgehead atoms. The summed E-state index contributed by atoms with van der Waals surface area (Å²) in [6.07, 6.45) is 8.28. The van der Waals surface area contributed by atoms with Gasteiger partial charge in [-0.1, -0.05) is 29.8 Å². The zero-order valence-corrected chi connectivity index (χ0v) is 16.7. The minimum atomic E-state index is -0.104. The summed E-state index contributed by atoms with van der Waals surface area (Å²) in [5, 5.41) is 3.31. The molecule has 1 amide bonds. The van der Waals surface area contributed by atoms with Gasteiger partial charge in [-0.3, -0.25) is 4.79 Å². The van der Waals surface area contributed by atoms with Crippen LogP contribution in [-0.4, -0.2) is 38.0 Å². The predicted octanol–water partition coefficient (Wildman–Crippen LogP) is 3.90. The number of amides is 1. The molecule has 1 aromatic rings. The maximum atomic E-state index is 13.2. The van der Waals surface area contributed by atoms with E-state index in [0.29, 0.717) is 5.91 Å². The van der Waals surface area contributed by atoms with Gasteiger partial charge in [0.25, 0.3) is 0 Å².